The highest BCUT2D eigenvalue weighted by Crippen LogP contribution is 2.28. The summed E-state index contributed by atoms with van der Waals surface area (Å²) in [5.74, 6) is 13.5. The van der Waals surface area contributed by atoms with Crippen molar-refractivity contribution in [3.05, 3.63) is 11.6 Å². The molecule has 3 unspecified atom stereocenters. The first-order valence-corrected chi connectivity index (χ1v) is 14.5. The van der Waals surface area contributed by atoms with Crippen LogP contribution in [0.15, 0.2) is 11.6 Å². The number of hydrogen-bond donors (Lipinski definition) is 4. The van der Waals surface area contributed by atoms with Crippen molar-refractivity contribution in [1.29, 1.82) is 0 Å². The van der Waals surface area contributed by atoms with Crippen LogP contribution in [0.3, 0.4) is 0 Å². The fraction of sp³-hybridized carbons (Fsp3) is 0.812. The second kappa shape index (κ2) is 25.3. The zero-order valence-corrected chi connectivity index (χ0v) is 26.4. The van der Waals surface area contributed by atoms with Crippen molar-refractivity contribution in [3.8, 4) is 23.7 Å². The quantitative estimate of drug-likeness (QED) is 0.138. The van der Waals surface area contributed by atoms with Crippen LogP contribution in [0, 0.1) is 40.9 Å². The molecule has 0 saturated carbocycles. The number of ether oxygens (including phenoxy) is 4. The zero-order chi connectivity index (χ0) is 30.9. The summed E-state index contributed by atoms with van der Waals surface area (Å²) in [7, 11) is 0. The molecule has 40 heavy (non-hydrogen) atoms. The van der Waals surface area contributed by atoms with E-state index in [4.69, 9.17) is 39.4 Å². The van der Waals surface area contributed by atoms with E-state index in [1.54, 1.807) is 0 Å². The average Bonchev–Trinajstić information content (AvgIpc) is 2.91. The summed E-state index contributed by atoms with van der Waals surface area (Å²) in [4.78, 5) is 0. The van der Waals surface area contributed by atoms with Crippen molar-refractivity contribution in [1.82, 2.24) is 0 Å². The Hall–Kier alpha value is -1.46. The van der Waals surface area contributed by atoms with Crippen LogP contribution in [0.25, 0.3) is 0 Å². The molecule has 0 aromatic rings. The van der Waals surface area contributed by atoms with Gasteiger partial charge in [-0.1, -0.05) is 70.8 Å². The molecule has 8 nitrogen and oxygen atoms in total. The lowest BCUT2D eigenvalue weighted by molar-refractivity contribution is -0.0186. The third kappa shape index (κ3) is 21.3. The Balaban J connectivity index is 0. The number of rotatable bonds is 19. The molecule has 8 heteroatoms. The fourth-order valence-electron chi connectivity index (χ4n) is 3.43. The Bertz CT molecular complexity index is 758. The standard InChI is InChI=1S/C18H34O4.C14H24O4/c1-15(2)13-18(6,22-12-10-20)8-7-17(5,16(3)4)14-21-11-9-19;1-3-5-14(18-11-9-16)7-6-13(4-2)12-17-10-8-15/h15-16,19-20H,9-14H2,1-6H3;4,14-16H,3,5,8-12H2,1-2H3/b;13-4-. The van der Waals surface area contributed by atoms with Crippen LogP contribution in [0.2, 0.25) is 0 Å². The van der Waals surface area contributed by atoms with Gasteiger partial charge in [-0.05, 0) is 45.4 Å². The Kier molecular flexibility index (Phi) is 25.7. The molecule has 0 spiro atoms. The molecule has 0 aromatic heterocycles. The van der Waals surface area contributed by atoms with Crippen molar-refractivity contribution >= 4 is 0 Å². The predicted octanol–water partition coefficient (Wildman–Crippen LogP) is 3.60. The zero-order valence-electron chi connectivity index (χ0n) is 26.4. The van der Waals surface area contributed by atoms with Gasteiger partial charge in [0, 0.05) is 5.57 Å². The Labute approximate surface area is 244 Å². The van der Waals surface area contributed by atoms with E-state index < -0.39 is 5.60 Å². The third-order valence-electron chi connectivity index (χ3n) is 6.03. The van der Waals surface area contributed by atoms with E-state index in [9.17, 15) is 0 Å². The third-order valence-corrected chi connectivity index (χ3v) is 6.03. The van der Waals surface area contributed by atoms with Gasteiger partial charge in [0.2, 0.25) is 0 Å². The van der Waals surface area contributed by atoms with Crippen LogP contribution in [0.5, 0.6) is 0 Å². The van der Waals surface area contributed by atoms with Gasteiger partial charge in [-0.25, -0.2) is 0 Å². The number of hydrogen-bond acceptors (Lipinski definition) is 8. The van der Waals surface area contributed by atoms with Crippen LogP contribution in [0.4, 0.5) is 0 Å². The first-order valence-electron chi connectivity index (χ1n) is 14.5. The molecule has 0 aliphatic heterocycles. The molecule has 3 atom stereocenters. The monoisotopic (exact) mass is 570 g/mol. The van der Waals surface area contributed by atoms with E-state index >= 15 is 0 Å². The molecular weight excluding hydrogens is 512 g/mol. The summed E-state index contributed by atoms with van der Waals surface area (Å²) in [6, 6.07) is 0. The highest BCUT2D eigenvalue weighted by Gasteiger charge is 2.29. The Morgan fingerprint density at radius 3 is 1.95 bits per heavy atom. The van der Waals surface area contributed by atoms with E-state index in [1.165, 1.54) is 0 Å². The van der Waals surface area contributed by atoms with Crippen LogP contribution in [-0.2, 0) is 18.9 Å². The van der Waals surface area contributed by atoms with Crippen LogP contribution < -0.4 is 0 Å². The first kappa shape index (κ1) is 40.7. The van der Waals surface area contributed by atoms with Gasteiger partial charge in [0.05, 0.1) is 71.5 Å². The minimum absolute atomic E-state index is 0.00355. The van der Waals surface area contributed by atoms with E-state index in [1.807, 2.05) is 19.9 Å². The molecular formula is C32H58O8. The normalized spacial score (nSPS) is 15.2. The molecule has 0 radical (unpaired) electrons. The van der Waals surface area contributed by atoms with Crippen LogP contribution >= 0.6 is 0 Å². The molecule has 0 fully saturated rings. The first-order chi connectivity index (χ1) is 19.0. The van der Waals surface area contributed by atoms with Crippen molar-refractivity contribution in [2.45, 2.75) is 86.4 Å². The van der Waals surface area contributed by atoms with Gasteiger partial charge < -0.3 is 39.4 Å². The lowest BCUT2D eigenvalue weighted by Gasteiger charge is -2.30. The molecule has 0 aliphatic carbocycles. The maximum absolute atomic E-state index is 9.01. The van der Waals surface area contributed by atoms with Gasteiger partial charge in [0.25, 0.3) is 0 Å². The topological polar surface area (TPSA) is 118 Å². The van der Waals surface area contributed by atoms with Gasteiger partial charge in [-0.3, -0.25) is 0 Å². The van der Waals surface area contributed by atoms with E-state index in [0.717, 1.165) is 24.8 Å². The fourth-order valence-corrected chi connectivity index (χ4v) is 3.43. The molecule has 0 bridgehead atoms. The Morgan fingerprint density at radius 2 is 1.45 bits per heavy atom. The molecule has 0 amide bonds. The minimum Gasteiger partial charge on any atom is -0.394 e. The summed E-state index contributed by atoms with van der Waals surface area (Å²) in [6.45, 7) is 18.7. The average molecular weight is 571 g/mol. The van der Waals surface area contributed by atoms with Gasteiger partial charge >= 0.3 is 0 Å². The lowest BCUT2D eigenvalue weighted by Crippen LogP contribution is -2.33. The molecule has 0 heterocycles. The van der Waals surface area contributed by atoms with Crippen molar-refractivity contribution in [2.24, 2.45) is 17.3 Å². The van der Waals surface area contributed by atoms with Gasteiger partial charge in [0.1, 0.15) is 11.7 Å². The largest absolute Gasteiger partial charge is 0.394 e. The summed E-state index contributed by atoms with van der Waals surface area (Å²) in [6.07, 6.45) is 4.39. The van der Waals surface area contributed by atoms with Gasteiger partial charge in [-0.2, -0.15) is 0 Å². The second-order valence-electron chi connectivity index (χ2n) is 10.7. The highest BCUT2D eigenvalue weighted by molar-refractivity contribution is 5.29. The van der Waals surface area contributed by atoms with Crippen LogP contribution in [0.1, 0.15) is 74.7 Å². The van der Waals surface area contributed by atoms with Crippen molar-refractivity contribution < 1.29 is 39.4 Å². The van der Waals surface area contributed by atoms with Crippen molar-refractivity contribution in [3.63, 3.8) is 0 Å². The lowest BCUT2D eigenvalue weighted by atomic mass is 9.79. The summed E-state index contributed by atoms with van der Waals surface area (Å²) in [5.41, 5.74) is 0.0113. The number of allylic oxidation sites excluding steroid dienone is 1. The number of aliphatic hydroxyl groups excluding tert-OH is 4. The molecule has 0 saturated heterocycles. The van der Waals surface area contributed by atoms with Crippen molar-refractivity contribution in [2.75, 3.05) is 66.1 Å². The maximum atomic E-state index is 9.01. The summed E-state index contributed by atoms with van der Waals surface area (Å²) >= 11 is 0. The van der Waals surface area contributed by atoms with Crippen LogP contribution in [-0.4, -0.2) is 98.2 Å². The molecule has 234 valence electrons. The number of aliphatic hydroxyl groups is 4. The molecule has 0 aliphatic rings. The second-order valence-corrected chi connectivity index (χ2v) is 10.7. The molecule has 0 aromatic carbocycles. The predicted molar refractivity (Wildman–Crippen MR) is 161 cm³/mol. The van der Waals surface area contributed by atoms with Gasteiger partial charge in [-0.15, -0.1) is 0 Å². The smallest absolute Gasteiger partial charge is 0.126 e. The summed E-state index contributed by atoms with van der Waals surface area (Å²) < 4.78 is 21.9. The highest BCUT2D eigenvalue weighted by atomic mass is 16.5. The molecule has 4 N–H and O–H groups in total. The maximum Gasteiger partial charge on any atom is 0.126 e. The van der Waals surface area contributed by atoms with E-state index in [2.05, 4.69) is 65.2 Å². The van der Waals surface area contributed by atoms with E-state index in [-0.39, 0.29) is 44.6 Å². The van der Waals surface area contributed by atoms with Gasteiger partial charge in [0.15, 0.2) is 0 Å². The van der Waals surface area contributed by atoms with E-state index in [0.29, 0.717) is 44.9 Å². The Morgan fingerprint density at radius 1 is 0.850 bits per heavy atom. The minimum atomic E-state index is -0.565. The summed E-state index contributed by atoms with van der Waals surface area (Å²) in [5, 5.41) is 35.2. The molecule has 0 rings (SSSR count). The SMILES string of the molecule is C/C=C(/C#CC(CCC)OCCO)COCCO.CC(C)CC(C)(C#CC(C)(COCCO)C(C)C)OCCO.